The predicted octanol–water partition coefficient (Wildman–Crippen LogP) is 14.2. The Morgan fingerprint density at radius 3 is 1.31 bits per heavy atom. The smallest absolute Gasteiger partial charge is 0.0361 e. The molecule has 1 heteroatoms. The van der Waals surface area contributed by atoms with Gasteiger partial charge in [-0.05, 0) is 107 Å². The van der Waals surface area contributed by atoms with Gasteiger partial charge in [-0.1, -0.05) is 152 Å². The van der Waals surface area contributed by atoms with E-state index in [1.807, 2.05) is 11.3 Å². The van der Waals surface area contributed by atoms with Gasteiger partial charge in [0.05, 0.1) is 0 Å². The summed E-state index contributed by atoms with van der Waals surface area (Å²) in [5.41, 5.74) is 9.97. The van der Waals surface area contributed by atoms with Crippen molar-refractivity contribution in [3.8, 4) is 44.5 Å². The molecule has 0 N–H and O–H groups in total. The molecule has 49 heavy (non-hydrogen) atoms. The van der Waals surface area contributed by atoms with Gasteiger partial charge in [-0.15, -0.1) is 11.3 Å². The second-order valence-corrected chi connectivity index (χ2v) is 14.0. The molecule has 0 unspecified atom stereocenters. The van der Waals surface area contributed by atoms with E-state index in [4.69, 9.17) is 0 Å². The van der Waals surface area contributed by atoms with Crippen molar-refractivity contribution < 1.29 is 0 Å². The van der Waals surface area contributed by atoms with Gasteiger partial charge in [-0.2, -0.15) is 0 Å². The van der Waals surface area contributed by atoms with Crippen molar-refractivity contribution in [2.75, 3.05) is 0 Å². The van der Waals surface area contributed by atoms with E-state index in [1.54, 1.807) is 0 Å². The summed E-state index contributed by atoms with van der Waals surface area (Å²) in [4.78, 5) is 0. The molecule has 1 heterocycles. The summed E-state index contributed by atoms with van der Waals surface area (Å²) < 4.78 is 2.66. The summed E-state index contributed by atoms with van der Waals surface area (Å²) in [7, 11) is 0. The van der Waals surface area contributed by atoms with E-state index < -0.39 is 0 Å². The summed E-state index contributed by atoms with van der Waals surface area (Å²) >= 11 is 1.89. The molecule has 0 saturated carbocycles. The van der Waals surface area contributed by atoms with Gasteiger partial charge in [0.1, 0.15) is 0 Å². The summed E-state index contributed by atoms with van der Waals surface area (Å²) in [5.74, 6) is 0. The normalized spacial score (nSPS) is 11.7. The highest BCUT2D eigenvalue weighted by Crippen LogP contribution is 2.45. The molecule has 0 fully saturated rings. The Kier molecular flexibility index (Phi) is 6.47. The van der Waals surface area contributed by atoms with Crippen molar-refractivity contribution in [1.29, 1.82) is 0 Å². The fourth-order valence-electron chi connectivity index (χ4n) is 7.73. The van der Waals surface area contributed by atoms with Crippen LogP contribution < -0.4 is 0 Å². The minimum atomic E-state index is 1.23. The van der Waals surface area contributed by atoms with Crippen molar-refractivity contribution in [2.45, 2.75) is 0 Å². The zero-order valence-electron chi connectivity index (χ0n) is 26.7. The number of rotatable bonds is 4. The Bertz CT molecular complexity index is 2820. The van der Waals surface area contributed by atoms with Gasteiger partial charge in [0, 0.05) is 20.2 Å². The lowest BCUT2D eigenvalue weighted by molar-refractivity contribution is 1.61. The molecule has 0 amide bonds. The summed E-state index contributed by atoms with van der Waals surface area (Å²) in [6, 6.07) is 67.0. The number of hydrogen-bond acceptors (Lipinski definition) is 1. The van der Waals surface area contributed by atoms with E-state index in [9.17, 15) is 0 Å². The maximum atomic E-state index is 2.38. The first-order valence-corrected chi connectivity index (χ1v) is 17.7. The topological polar surface area (TPSA) is 0 Å². The van der Waals surface area contributed by atoms with E-state index in [2.05, 4.69) is 182 Å². The molecule has 9 aromatic carbocycles. The van der Waals surface area contributed by atoms with Crippen LogP contribution in [-0.4, -0.2) is 0 Å². The first kappa shape index (κ1) is 28.0. The third-order valence-electron chi connectivity index (χ3n) is 10.0. The van der Waals surface area contributed by atoms with Crippen LogP contribution in [0.5, 0.6) is 0 Å². The first-order chi connectivity index (χ1) is 24.3. The number of benzene rings is 9. The van der Waals surface area contributed by atoms with Gasteiger partial charge >= 0.3 is 0 Å². The molecule has 228 valence electrons. The van der Waals surface area contributed by atoms with Crippen molar-refractivity contribution >= 4 is 63.8 Å². The molecule has 0 bridgehead atoms. The molecule has 0 spiro atoms. The number of fused-ring (bicyclic) bond motifs is 6. The largest absolute Gasteiger partial charge is 0.135 e. The van der Waals surface area contributed by atoms with Gasteiger partial charge in [0.25, 0.3) is 0 Å². The number of hydrogen-bond donors (Lipinski definition) is 0. The van der Waals surface area contributed by atoms with Crippen molar-refractivity contribution in [3.05, 3.63) is 182 Å². The van der Waals surface area contributed by atoms with E-state index in [0.717, 1.165) is 0 Å². The third-order valence-corrected chi connectivity index (χ3v) is 11.1. The molecule has 0 radical (unpaired) electrons. The molecule has 0 aliphatic rings. The molecule has 0 aliphatic carbocycles. The maximum Gasteiger partial charge on any atom is 0.0361 e. The van der Waals surface area contributed by atoms with Crippen LogP contribution in [0.1, 0.15) is 0 Å². The van der Waals surface area contributed by atoms with Crippen molar-refractivity contribution in [1.82, 2.24) is 0 Å². The Hall–Kier alpha value is -6.02. The van der Waals surface area contributed by atoms with Gasteiger partial charge in [0.2, 0.25) is 0 Å². The Balaban J connectivity index is 1.15. The highest BCUT2D eigenvalue weighted by Gasteiger charge is 2.17. The SMILES string of the molecule is c1ccc(-c2cccc(-c3c4ccccc4c(-c4cccc(-c5ccc6c(c5)sc5cc7ccccc7cc56)c4)c4ccccc34)c2)cc1. The minimum Gasteiger partial charge on any atom is -0.135 e. The lowest BCUT2D eigenvalue weighted by atomic mass is 9.85. The lowest BCUT2D eigenvalue weighted by Gasteiger charge is -2.18. The first-order valence-electron chi connectivity index (χ1n) is 16.8. The van der Waals surface area contributed by atoms with E-state index >= 15 is 0 Å². The zero-order chi connectivity index (χ0) is 32.3. The van der Waals surface area contributed by atoms with Gasteiger partial charge in [-0.3, -0.25) is 0 Å². The van der Waals surface area contributed by atoms with Crippen molar-refractivity contribution in [3.63, 3.8) is 0 Å². The molecular formula is C48H30S. The third kappa shape index (κ3) is 4.66. The summed E-state index contributed by atoms with van der Waals surface area (Å²) in [6.45, 7) is 0. The highest BCUT2D eigenvalue weighted by molar-refractivity contribution is 7.25. The lowest BCUT2D eigenvalue weighted by Crippen LogP contribution is -1.91. The average molecular weight is 639 g/mol. The van der Waals surface area contributed by atoms with Crippen LogP contribution in [0.4, 0.5) is 0 Å². The average Bonchev–Trinajstić information content (AvgIpc) is 3.53. The standard InChI is InChI=1S/C48H30S/c1-2-12-31(13-3-1)32-16-10-18-37(26-32)47-40-20-6-8-22-42(40)48(43-23-9-7-21-41(43)47)38-19-11-17-33(27-38)36-24-25-39-44-28-34-14-4-5-15-35(34)29-46(44)49-45(39)30-36/h1-30H. The molecule has 0 atom stereocenters. The fourth-order valence-corrected chi connectivity index (χ4v) is 8.91. The van der Waals surface area contributed by atoms with Gasteiger partial charge < -0.3 is 0 Å². The highest BCUT2D eigenvalue weighted by atomic mass is 32.1. The van der Waals surface area contributed by atoms with Crippen LogP contribution >= 0.6 is 11.3 Å². The van der Waals surface area contributed by atoms with E-state index in [0.29, 0.717) is 0 Å². The second-order valence-electron chi connectivity index (χ2n) is 12.9. The van der Waals surface area contributed by atoms with Gasteiger partial charge in [0.15, 0.2) is 0 Å². The van der Waals surface area contributed by atoms with Crippen molar-refractivity contribution in [2.24, 2.45) is 0 Å². The van der Waals surface area contributed by atoms with E-state index in [-0.39, 0.29) is 0 Å². The molecule has 0 aliphatic heterocycles. The van der Waals surface area contributed by atoms with Crippen LogP contribution in [0.25, 0.3) is 97.0 Å². The minimum absolute atomic E-state index is 1.23. The Morgan fingerprint density at radius 2 is 0.694 bits per heavy atom. The molecule has 0 saturated heterocycles. The predicted molar refractivity (Wildman–Crippen MR) is 214 cm³/mol. The van der Waals surface area contributed by atoms with Crippen LogP contribution in [0.2, 0.25) is 0 Å². The second kappa shape index (κ2) is 11.3. The van der Waals surface area contributed by atoms with Gasteiger partial charge in [-0.25, -0.2) is 0 Å². The van der Waals surface area contributed by atoms with Crippen LogP contribution in [-0.2, 0) is 0 Å². The fraction of sp³-hybridized carbons (Fsp3) is 0. The molecule has 0 nitrogen and oxygen atoms in total. The molecule has 1 aromatic heterocycles. The van der Waals surface area contributed by atoms with E-state index in [1.165, 1.54) is 97.0 Å². The zero-order valence-corrected chi connectivity index (χ0v) is 27.5. The molecule has 10 rings (SSSR count). The van der Waals surface area contributed by atoms with Crippen LogP contribution in [0.3, 0.4) is 0 Å². The quantitative estimate of drug-likeness (QED) is 0.168. The van der Waals surface area contributed by atoms with Crippen LogP contribution in [0.15, 0.2) is 182 Å². The Labute approximate surface area is 289 Å². The number of thiophene rings is 1. The Morgan fingerprint density at radius 1 is 0.245 bits per heavy atom. The van der Waals surface area contributed by atoms with Crippen LogP contribution in [0, 0.1) is 0 Å². The molecular weight excluding hydrogens is 609 g/mol. The summed E-state index contributed by atoms with van der Waals surface area (Å²) in [5, 5.41) is 10.3. The summed E-state index contributed by atoms with van der Waals surface area (Å²) in [6.07, 6.45) is 0. The molecule has 10 aromatic rings. The maximum absolute atomic E-state index is 2.38. The monoisotopic (exact) mass is 638 g/mol.